The summed E-state index contributed by atoms with van der Waals surface area (Å²) in [4.78, 5) is 0.241. The summed E-state index contributed by atoms with van der Waals surface area (Å²) in [6, 6.07) is 7.27. The first-order valence-corrected chi connectivity index (χ1v) is 10.2. The van der Waals surface area contributed by atoms with E-state index in [1.54, 1.807) is 19.1 Å². The van der Waals surface area contributed by atoms with Crippen molar-refractivity contribution in [2.45, 2.75) is 23.5 Å². The van der Waals surface area contributed by atoms with Gasteiger partial charge in [-0.2, -0.15) is 4.31 Å². The average Bonchev–Trinajstić information content (AvgIpc) is 3.05. The Hall–Kier alpha value is -1.42. The lowest BCUT2D eigenvalue weighted by molar-refractivity contribution is 0.476. The van der Waals surface area contributed by atoms with E-state index in [4.69, 9.17) is 5.14 Å². The number of primary sulfonamides is 1. The number of hydrogen-bond donors (Lipinski definition) is 1. The van der Waals surface area contributed by atoms with Crippen LogP contribution in [0.5, 0.6) is 0 Å². The Morgan fingerprint density at radius 1 is 1.17 bits per heavy atom. The highest BCUT2D eigenvalue weighted by atomic mass is 32.2. The normalized spacial score (nSPS) is 20.4. The van der Waals surface area contributed by atoms with Gasteiger partial charge >= 0.3 is 0 Å². The van der Waals surface area contributed by atoms with Crippen molar-refractivity contribution >= 4 is 30.9 Å². The van der Waals surface area contributed by atoms with E-state index >= 15 is 0 Å². The van der Waals surface area contributed by atoms with Crippen LogP contribution in [0.4, 0.5) is 0 Å². The highest BCUT2D eigenvalue weighted by Gasteiger charge is 2.39. The Morgan fingerprint density at radius 3 is 2.43 bits per heavy atom. The maximum absolute atomic E-state index is 13.0. The first-order chi connectivity index (χ1) is 10.6. The molecule has 2 aromatic rings. The van der Waals surface area contributed by atoms with Crippen molar-refractivity contribution in [3.63, 3.8) is 0 Å². The predicted octanol–water partition coefficient (Wildman–Crippen LogP) is 0.538. The van der Waals surface area contributed by atoms with Crippen molar-refractivity contribution in [3.05, 3.63) is 30.0 Å². The Bertz CT molecular complexity index is 977. The minimum atomic E-state index is -3.78. The van der Waals surface area contributed by atoms with Crippen molar-refractivity contribution in [1.29, 1.82) is 0 Å². The minimum absolute atomic E-state index is 0.0934. The molecule has 23 heavy (non-hydrogen) atoms. The number of aromatic nitrogens is 1. The highest BCUT2D eigenvalue weighted by Crippen LogP contribution is 2.33. The minimum Gasteiger partial charge on any atom is -0.347 e. The van der Waals surface area contributed by atoms with Crippen LogP contribution >= 0.6 is 0 Å². The summed E-state index contributed by atoms with van der Waals surface area (Å²) in [5.41, 5.74) is 1.45. The summed E-state index contributed by atoms with van der Waals surface area (Å²) in [6.45, 7) is 1.82. The van der Waals surface area contributed by atoms with Crippen LogP contribution in [0.1, 0.15) is 12.1 Å². The number of rotatable bonds is 3. The van der Waals surface area contributed by atoms with Crippen LogP contribution in [0.2, 0.25) is 0 Å². The van der Waals surface area contributed by atoms with Gasteiger partial charge in [0.05, 0.1) is 5.25 Å². The Morgan fingerprint density at radius 2 is 1.83 bits per heavy atom. The van der Waals surface area contributed by atoms with Crippen LogP contribution in [0, 0.1) is 6.92 Å². The topological polar surface area (TPSA) is 102 Å². The molecule has 2 N–H and O–H groups in total. The molecular formula is C14H19N3O4S2. The maximum atomic E-state index is 13.0. The molecule has 7 nitrogen and oxygen atoms in total. The number of aryl methyl sites for hydroxylation is 1. The van der Waals surface area contributed by atoms with Crippen LogP contribution in [0.15, 0.2) is 29.2 Å². The van der Waals surface area contributed by atoms with E-state index in [9.17, 15) is 16.8 Å². The molecule has 1 aliphatic rings. The van der Waals surface area contributed by atoms with Crippen LogP contribution < -0.4 is 5.14 Å². The van der Waals surface area contributed by atoms with E-state index in [0.717, 1.165) is 5.52 Å². The SMILES string of the molecule is Cc1c(S(=O)(=O)N2CCC(S(N)(=O)=O)C2)c2ccccc2n1C. The van der Waals surface area contributed by atoms with E-state index in [0.29, 0.717) is 11.1 Å². The molecule has 0 spiro atoms. The zero-order valence-corrected chi connectivity index (χ0v) is 14.6. The first kappa shape index (κ1) is 16.4. The highest BCUT2D eigenvalue weighted by molar-refractivity contribution is 7.90. The molecule has 1 aliphatic heterocycles. The maximum Gasteiger partial charge on any atom is 0.245 e. The lowest BCUT2D eigenvalue weighted by atomic mass is 10.2. The quantitative estimate of drug-likeness (QED) is 0.866. The molecule has 0 aliphatic carbocycles. The van der Waals surface area contributed by atoms with Crippen LogP contribution in [-0.2, 0) is 27.1 Å². The monoisotopic (exact) mass is 357 g/mol. The molecule has 0 amide bonds. The fourth-order valence-corrected chi connectivity index (χ4v) is 5.98. The molecule has 9 heteroatoms. The number of benzene rings is 1. The predicted molar refractivity (Wildman–Crippen MR) is 87.9 cm³/mol. The van der Waals surface area contributed by atoms with Crippen molar-refractivity contribution in [2.24, 2.45) is 12.2 Å². The van der Waals surface area contributed by atoms with Gasteiger partial charge in [0.1, 0.15) is 4.90 Å². The second-order valence-corrected chi connectivity index (χ2v) is 9.57. The summed E-state index contributed by atoms with van der Waals surface area (Å²) < 4.78 is 52.1. The molecule has 1 aromatic heterocycles. The summed E-state index contributed by atoms with van der Waals surface area (Å²) in [6.07, 6.45) is 0.224. The first-order valence-electron chi connectivity index (χ1n) is 7.20. The molecule has 1 fully saturated rings. The number of sulfonamides is 2. The van der Waals surface area contributed by atoms with Crippen molar-refractivity contribution < 1.29 is 16.8 Å². The summed E-state index contributed by atoms with van der Waals surface area (Å²) in [5.74, 6) is 0. The molecule has 1 saturated heterocycles. The molecule has 0 radical (unpaired) electrons. The van der Waals surface area contributed by atoms with Gasteiger partial charge in [-0.05, 0) is 19.4 Å². The largest absolute Gasteiger partial charge is 0.347 e. The van der Waals surface area contributed by atoms with Gasteiger partial charge in [0, 0.05) is 36.7 Å². The molecule has 126 valence electrons. The fraction of sp³-hybridized carbons (Fsp3) is 0.429. The third-order valence-electron chi connectivity index (χ3n) is 4.51. The van der Waals surface area contributed by atoms with Gasteiger partial charge in [-0.1, -0.05) is 18.2 Å². The van der Waals surface area contributed by atoms with Crippen LogP contribution in [-0.4, -0.2) is 44.0 Å². The van der Waals surface area contributed by atoms with Crippen LogP contribution in [0.3, 0.4) is 0 Å². The Balaban J connectivity index is 2.10. The van der Waals surface area contributed by atoms with Gasteiger partial charge in [-0.3, -0.25) is 0 Å². The average molecular weight is 357 g/mol. The number of fused-ring (bicyclic) bond motifs is 1. The lowest BCUT2D eigenvalue weighted by Crippen LogP contribution is -2.34. The molecule has 1 aromatic carbocycles. The fourth-order valence-electron chi connectivity index (χ4n) is 3.12. The number of nitrogens with zero attached hydrogens (tertiary/aromatic N) is 2. The van der Waals surface area contributed by atoms with Gasteiger partial charge in [-0.15, -0.1) is 0 Å². The van der Waals surface area contributed by atoms with E-state index in [-0.39, 0.29) is 24.4 Å². The van der Waals surface area contributed by atoms with Crippen molar-refractivity contribution in [2.75, 3.05) is 13.1 Å². The van der Waals surface area contributed by atoms with E-state index < -0.39 is 25.3 Å². The molecule has 1 unspecified atom stereocenters. The van der Waals surface area contributed by atoms with Crippen molar-refractivity contribution in [3.8, 4) is 0 Å². The Labute approximate surface area is 135 Å². The van der Waals surface area contributed by atoms with E-state index in [1.807, 2.05) is 23.7 Å². The van der Waals surface area contributed by atoms with E-state index in [1.165, 1.54) is 4.31 Å². The van der Waals surface area contributed by atoms with Gasteiger partial charge in [0.2, 0.25) is 20.0 Å². The lowest BCUT2D eigenvalue weighted by Gasteiger charge is -2.16. The summed E-state index contributed by atoms with van der Waals surface area (Å²) in [5, 5.41) is 4.96. The van der Waals surface area contributed by atoms with Gasteiger partial charge in [0.15, 0.2) is 0 Å². The van der Waals surface area contributed by atoms with E-state index in [2.05, 4.69) is 0 Å². The third-order valence-corrected chi connectivity index (χ3v) is 7.87. The van der Waals surface area contributed by atoms with Crippen LogP contribution in [0.25, 0.3) is 10.9 Å². The second-order valence-electron chi connectivity index (χ2n) is 5.85. The zero-order valence-electron chi connectivity index (χ0n) is 12.9. The molecule has 3 rings (SSSR count). The summed E-state index contributed by atoms with van der Waals surface area (Å²) in [7, 11) is -5.70. The molecule has 2 heterocycles. The standard InChI is InChI=1S/C14H19N3O4S2/c1-10-14(12-5-3-4-6-13(12)16(10)2)23(20,21)17-8-7-11(9-17)22(15,18)19/h3-6,11H,7-9H2,1-2H3,(H2,15,18,19). The van der Waals surface area contributed by atoms with Gasteiger partial charge in [0.25, 0.3) is 0 Å². The van der Waals surface area contributed by atoms with Gasteiger partial charge in [-0.25, -0.2) is 22.0 Å². The smallest absolute Gasteiger partial charge is 0.245 e. The number of nitrogens with two attached hydrogens (primary N) is 1. The molecular weight excluding hydrogens is 338 g/mol. The van der Waals surface area contributed by atoms with Gasteiger partial charge < -0.3 is 4.57 Å². The Kier molecular flexibility index (Phi) is 3.79. The van der Waals surface area contributed by atoms with Crippen molar-refractivity contribution in [1.82, 2.24) is 8.87 Å². The second kappa shape index (κ2) is 5.30. The molecule has 0 bridgehead atoms. The third kappa shape index (κ3) is 2.57. The number of hydrogen-bond acceptors (Lipinski definition) is 4. The molecule has 1 atom stereocenters. The molecule has 0 saturated carbocycles. The summed E-state index contributed by atoms with van der Waals surface area (Å²) >= 11 is 0. The number of para-hydroxylation sites is 1. The zero-order chi connectivity index (χ0) is 17.0.